The number of piperazine rings is 1. The van der Waals surface area contributed by atoms with Gasteiger partial charge in [0.2, 0.25) is 16.8 Å². The Bertz CT molecular complexity index is 1160. The number of halogens is 3. The SMILES string of the molecule is COC(=O)c1ccc(CN(CC(c2ccc(F)c(Cl)c2)N2CCN(C(C)=O)CC2)[SH](=O)=O)c(F)c1. The van der Waals surface area contributed by atoms with E-state index in [0.29, 0.717) is 31.7 Å². The lowest BCUT2D eigenvalue weighted by atomic mass is 10.0. The van der Waals surface area contributed by atoms with E-state index in [-0.39, 0.29) is 35.1 Å². The smallest absolute Gasteiger partial charge is 0.337 e. The van der Waals surface area contributed by atoms with Crippen molar-refractivity contribution in [3.05, 3.63) is 69.7 Å². The Labute approximate surface area is 209 Å². The summed E-state index contributed by atoms with van der Waals surface area (Å²) in [5.41, 5.74) is 0.680. The van der Waals surface area contributed by atoms with Crippen molar-refractivity contribution in [1.82, 2.24) is 14.1 Å². The number of nitrogens with zero attached hydrogens (tertiary/aromatic N) is 3. The van der Waals surface area contributed by atoms with Crippen LogP contribution >= 0.6 is 11.6 Å². The maximum Gasteiger partial charge on any atom is 0.337 e. The van der Waals surface area contributed by atoms with Gasteiger partial charge in [-0.3, -0.25) is 9.69 Å². The molecular weight excluding hydrogens is 504 g/mol. The molecule has 190 valence electrons. The zero-order valence-electron chi connectivity index (χ0n) is 19.2. The largest absolute Gasteiger partial charge is 0.465 e. The summed E-state index contributed by atoms with van der Waals surface area (Å²) < 4.78 is 58.5. The molecule has 0 saturated carbocycles. The lowest BCUT2D eigenvalue weighted by molar-refractivity contribution is -0.130. The highest BCUT2D eigenvalue weighted by molar-refractivity contribution is 7.69. The van der Waals surface area contributed by atoms with Crippen molar-refractivity contribution in [2.24, 2.45) is 0 Å². The maximum atomic E-state index is 14.7. The van der Waals surface area contributed by atoms with Gasteiger partial charge in [0.1, 0.15) is 11.6 Å². The first-order valence-electron chi connectivity index (χ1n) is 10.8. The van der Waals surface area contributed by atoms with Crippen LogP contribution in [-0.2, 0) is 27.0 Å². The summed E-state index contributed by atoms with van der Waals surface area (Å²) in [6, 6.07) is 7.36. The summed E-state index contributed by atoms with van der Waals surface area (Å²) in [5.74, 6) is -2.11. The van der Waals surface area contributed by atoms with E-state index in [1.54, 1.807) is 4.90 Å². The van der Waals surface area contributed by atoms with Crippen LogP contribution in [0.5, 0.6) is 0 Å². The minimum Gasteiger partial charge on any atom is -0.465 e. The summed E-state index contributed by atoms with van der Waals surface area (Å²) in [6.45, 7) is 2.98. The number of amides is 1. The first-order chi connectivity index (χ1) is 16.6. The third-order valence-corrected chi connectivity index (χ3v) is 7.03. The molecule has 1 atom stereocenters. The van der Waals surface area contributed by atoms with Crippen molar-refractivity contribution < 1.29 is 31.5 Å². The number of hydrogen-bond donors (Lipinski definition) is 1. The number of thiol groups is 1. The quantitative estimate of drug-likeness (QED) is 0.418. The second kappa shape index (κ2) is 11.9. The lowest BCUT2D eigenvalue weighted by Gasteiger charge is -2.40. The van der Waals surface area contributed by atoms with E-state index in [1.807, 2.05) is 4.90 Å². The number of ether oxygens (including phenoxy) is 1. The molecule has 0 radical (unpaired) electrons. The second-order valence-electron chi connectivity index (χ2n) is 8.11. The molecule has 1 amide bonds. The molecular formula is C23H26ClF2N3O5S. The minimum absolute atomic E-state index is 0.00832. The molecule has 8 nitrogen and oxygen atoms in total. The van der Waals surface area contributed by atoms with E-state index in [9.17, 15) is 26.8 Å². The normalized spacial score (nSPS) is 15.5. The average Bonchev–Trinajstić information content (AvgIpc) is 2.83. The third kappa shape index (κ3) is 6.75. The Kier molecular flexibility index (Phi) is 9.17. The Balaban J connectivity index is 1.88. The molecule has 0 N–H and O–H groups in total. The van der Waals surface area contributed by atoms with Crippen LogP contribution in [0.3, 0.4) is 0 Å². The number of carbonyl (C=O) groups excluding carboxylic acids is 2. The van der Waals surface area contributed by atoms with Crippen molar-refractivity contribution in [3.8, 4) is 0 Å². The predicted molar refractivity (Wildman–Crippen MR) is 126 cm³/mol. The van der Waals surface area contributed by atoms with Gasteiger partial charge in [-0.05, 0) is 29.8 Å². The lowest BCUT2D eigenvalue weighted by Crippen LogP contribution is -2.50. The van der Waals surface area contributed by atoms with Gasteiger partial charge in [0.05, 0.1) is 17.7 Å². The van der Waals surface area contributed by atoms with Crippen LogP contribution < -0.4 is 0 Å². The van der Waals surface area contributed by atoms with Gasteiger partial charge in [-0.15, -0.1) is 0 Å². The van der Waals surface area contributed by atoms with Crippen LogP contribution in [0.4, 0.5) is 8.78 Å². The molecule has 0 spiro atoms. The molecule has 1 unspecified atom stereocenters. The van der Waals surface area contributed by atoms with Crippen LogP contribution in [-0.4, -0.2) is 74.2 Å². The zero-order chi connectivity index (χ0) is 25.7. The molecule has 0 bridgehead atoms. The van der Waals surface area contributed by atoms with E-state index >= 15 is 0 Å². The molecule has 3 rings (SSSR count). The third-order valence-electron chi connectivity index (χ3n) is 5.97. The monoisotopic (exact) mass is 529 g/mol. The molecule has 2 aromatic rings. The molecule has 1 aliphatic rings. The topological polar surface area (TPSA) is 87.2 Å². The van der Waals surface area contributed by atoms with Gasteiger partial charge < -0.3 is 9.64 Å². The summed E-state index contributed by atoms with van der Waals surface area (Å²) in [7, 11) is -1.95. The van der Waals surface area contributed by atoms with Gasteiger partial charge in [-0.25, -0.2) is 22.0 Å². The van der Waals surface area contributed by atoms with E-state index in [1.165, 1.54) is 44.4 Å². The van der Waals surface area contributed by atoms with Crippen LogP contribution in [0.2, 0.25) is 5.02 Å². The van der Waals surface area contributed by atoms with Gasteiger partial charge in [0, 0.05) is 57.8 Å². The van der Waals surface area contributed by atoms with Crippen molar-refractivity contribution in [1.29, 1.82) is 0 Å². The first-order valence-corrected chi connectivity index (χ1v) is 12.3. The fourth-order valence-corrected chi connectivity index (χ4v) is 4.75. The van der Waals surface area contributed by atoms with Crippen molar-refractivity contribution in [2.45, 2.75) is 19.5 Å². The Morgan fingerprint density at radius 3 is 2.31 bits per heavy atom. The first kappa shape index (κ1) is 27.0. The molecule has 2 aromatic carbocycles. The van der Waals surface area contributed by atoms with Crippen LogP contribution in [0.25, 0.3) is 0 Å². The number of rotatable bonds is 8. The Hall–Kier alpha value is -2.60. The highest BCUT2D eigenvalue weighted by Gasteiger charge is 2.29. The van der Waals surface area contributed by atoms with Crippen molar-refractivity contribution >= 4 is 34.4 Å². The summed E-state index contributed by atoms with van der Waals surface area (Å²) >= 11 is 6.00. The van der Waals surface area contributed by atoms with Gasteiger partial charge >= 0.3 is 5.97 Å². The fourth-order valence-electron chi connectivity index (χ4n) is 4.01. The minimum atomic E-state index is -3.12. The van der Waals surface area contributed by atoms with Gasteiger partial charge in [0.15, 0.2) is 0 Å². The standard InChI is InChI=1S/C23H26ClF2N3O5S/c1-15(30)27-7-9-28(10-8-27)22(16-5-6-20(25)19(24)11-16)14-29(35(32)33)13-18-4-3-17(12-21(18)26)23(31)34-2/h3-6,11-12,22,35H,7-10,13-14H2,1-2H3. The summed E-state index contributed by atoms with van der Waals surface area (Å²) in [5, 5.41) is -0.0997. The van der Waals surface area contributed by atoms with E-state index in [0.717, 1.165) is 10.4 Å². The Morgan fingerprint density at radius 2 is 1.77 bits per heavy atom. The highest BCUT2D eigenvalue weighted by atomic mass is 35.5. The number of benzene rings is 2. The summed E-state index contributed by atoms with van der Waals surface area (Å²) in [4.78, 5) is 27.0. The van der Waals surface area contributed by atoms with E-state index in [4.69, 9.17) is 11.6 Å². The molecule has 0 aliphatic carbocycles. The van der Waals surface area contributed by atoms with Crippen molar-refractivity contribution in [3.63, 3.8) is 0 Å². The molecule has 1 heterocycles. The van der Waals surface area contributed by atoms with Crippen molar-refractivity contribution in [2.75, 3.05) is 39.8 Å². The molecule has 1 fully saturated rings. The number of esters is 1. The number of hydrogen-bond acceptors (Lipinski definition) is 6. The predicted octanol–water partition coefficient (Wildman–Crippen LogP) is 2.64. The highest BCUT2D eigenvalue weighted by Crippen LogP contribution is 2.28. The average molecular weight is 530 g/mol. The van der Waals surface area contributed by atoms with Gasteiger partial charge in [-0.1, -0.05) is 23.7 Å². The van der Waals surface area contributed by atoms with E-state index in [2.05, 4.69) is 4.74 Å². The van der Waals surface area contributed by atoms with Gasteiger partial charge in [0.25, 0.3) is 0 Å². The van der Waals surface area contributed by atoms with Crippen LogP contribution in [0.1, 0.15) is 34.5 Å². The van der Waals surface area contributed by atoms with E-state index < -0.39 is 34.5 Å². The molecule has 1 saturated heterocycles. The zero-order valence-corrected chi connectivity index (χ0v) is 20.9. The van der Waals surface area contributed by atoms with Crippen LogP contribution in [0.15, 0.2) is 36.4 Å². The number of carbonyl (C=O) groups is 2. The second-order valence-corrected chi connectivity index (χ2v) is 9.56. The summed E-state index contributed by atoms with van der Waals surface area (Å²) in [6.07, 6.45) is 0. The molecule has 0 aromatic heterocycles. The molecule has 1 aliphatic heterocycles. The van der Waals surface area contributed by atoms with Gasteiger partial charge in [-0.2, -0.15) is 4.31 Å². The maximum absolute atomic E-state index is 14.7. The fraction of sp³-hybridized carbons (Fsp3) is 0.391. The molecule has 35 heavy (non-hydrogen) atoms. The Morgan fingerprint density at radius 1 is 1.09 bits per heavy atom. The number of methoxy groups -OCH3 is 1. The molecule has 12 heteroatoms. The van der Waals surface area contributed by atoms with Crippen LogP contribution in [0, 0.1) is 11.6 Å².